The van der Waals surface area contributed by atoms with E-state index < -0.39 is 58.1 Å². The molecule has 2 aromatic heterocycles. The molecule has 1 aliphatic carbocycles. The summed E-state index contributed by atoms with van der Waals surface area (Å²) in [6, 6.07) is 2.50. The second-order valence-electron chi connectivity index (χ2n) is 9.71. The van der Waals surface area contributed by atoms with Crippen molar-refractivity contribution in [3.05, 3.63) is 75.7 Å². The third kappa shape index (κ3) is 5.90. The number of amides is 1. The van der Waals surface area contributed by atoms with E-state index in [1.165, 1.54) is 38.0 Å². The zero-order valence-corrected chi connectivity index (χ0v) is 22.3. The monoisotopic (exact) mass is 586 g/mol. The highest BCUT2D eigenvalue weighted by molar-refractivity contribution is 6.39. The molecule has 1 saturated carbocycles. The first-order valence-electron chi connectivity index (χ1n) is 12.1. The van der Waals surface area contributed by atoms with Crippen LogP contribution in [0.5, 0.6) is 0 Å². The predicted octanol–water partition coefficient (Wildman–Crippen LogP) is 5.63. The molecule has 0 bridgehead atoms. The van der Waals surface area contributed by atoms with E-state index in [0.717, 1.165) is 11.0 Å². The van der Waals surface area contributed by atoms with Crippen LogP contribution in [-0.4, -0.2) is 62.9 Å². The van der Waals surface area contributed by atoms with E-state index in [1.54, 1.807) is 6.07 Å². The van der Waals surface area contributed by atoms with Gasteiger partial charge in [-0.3, -0.25) is 23.9 Å². The van der Waals surface area contributed by atoms with Crippen LogP contribution in [0.4, 0.5) is 13.2 Å². The second-order valence-corrected chi connectivity index (χ2v) is 10.5. The molecule has 1 fully saturated rings. The van der Waals surface area contributed by atoms with Crippen molar-refractivity contribution in [2.24, 2.45) is 5.92 Å². The Morgan fingerprint density at radius 3 is 2.33 bits per heavy atom. The lowest BCUT2D eigenvalue weighted by Gasteiger charge is -2.41. The first-order chi connectivity index (χ1) is 18.3. The van der Waals surface area contributed by atoms with E-state index >= 15 is 0 Å². The van der Waals surface area contributed by atoms with Gasteiger partial charge in [-0.15, -0.1) is 0 Å². The molecule has 8 nitrogen and oxygen atoms in total. The van der Waals surface area contributed by atoms with Crippen LogP contribution < -0.4 is 0 Å². The second kappa shape index (κ2) is 11.1. The van der Waals surface area contributed by atoms with Crippen LogP contribution in [0.1, 0.15) is 41.8 Å². The van der Waals surface area contributed by atoms with Gasteiger partial charge in [-0.25, -0.2) is 0 Å². The largest absolute Gasteiger partial charge is 0.481 e. The number of nitrogens with zero attached hydrogens (tertiary/aromatic N) is 3. The minimum absolute atomic E-state index is 0.0601. The van der Waals surface area contributed by atoms with Gasteiger partial charge in [0.15, 0.2) is 5.78 Å². The normalized spacial score (nSPS) is 23.2. The number of carbonyl (C=O) groups is 3. The number of quaternary nitrogens is 1. The van der Waals surface area contributed by atoms with Gasteiger partial charge in [-0.05, 0) is 25.0 Å². The van der Waals surface area contributed by atoms with Crippen molar-refractivity contribution in [1.82, 2.24) is 9.88 Å². The van der Waals surface area contributed by atoms with Gasteiger partial charge < -0.3 is 14.4 Å². The average molecular weight is 587 g/mol. The summed E-state index contributed by atoms with van der Waals surface area (Å²) in [7, 11) is 1.36. The number of carboxylic acid groups (broad SMARTS) is 1. The van der Waals surface area contributed by atoms with Gasteiger partial charge in [0.05, 0.1) is 54.0 Å². The number of halogens is 5. The SMILES string of the molecule is C[N+]1(C2CCC(C(=O)O)CC2)C=CC(C(=O)N(CC(=O)c2c(Cl)cncc2Cl)Cc2ccco2)=C1C(F)(F)F. The molecular weight excluding hydrogens is 562 g/mol. The Hall–Kier alpha value is -3.15. The number of ketones is 1. The average Bonchev–Trinajstić information content (AvgIpc) is 3.51. The summed E-state index contributed by atoms with van der Waals surface area (Å²) in [5, 5.41) is 9.17. The Bertz CT molecular complexity index is 1310. The van der Waals surface area contributed by atoms with E-state index in [4.69, 9.17) is 27.6 Å². The van der Waals surface area contributed by atoms with Gasteiger partial charge in [-0.2, -0.15) is 13.2 Å². The van der Waals surface area contributed by atoms with Crippen molar-refractivity contribution in [2.45, 2.75) is 44.4 Å². The number of rotatable bonds is 8. The van der Waals surface area contributed by atoms with Gasteiger partial charge in [-0.1, -0.05) is 23.2 Å². The number of hydrogen-bond acceptors (Lipinski definition) is 5. The van der Waals surface area contributed by atoms with Crippen LogP contribution in [0.2, 0.25) is 10.0 Å². The quantitative estimate of drug-likeness (QED) is 0.318. The summed E-state index contributed by atoms with van der Waals surface area (Å²) >= 11 is 12.2. The fourth-order valence-corrected chi connectivity index (χ4v) is 5.87. The molecule has 0 radical (unpaired) electrons. The summed E-state index contributed by atoms with van der Waals surface area (Å²) in [6.45, 7) is -0.910. The van der Waals surface area contributed by atoms with Crippen LogP contribution in [0.3, 0.4) is 0 Å². The summed E-state index contributed by atoms with van der Waals surface area (Å²) < 4.78 is 48.4. The molecule has 39 heavy (non-hydrogen) atoms. The van der Waals surface area contributed by atoms with Gasteiger partial charge in [0.2, 0.25) is 5.70 Å². The van der Waals surface area contributed by atoms with Crippen LogP contribution in [0.25, 0.3) is 0 Å². The Kier molecular flexibility index (Phi) is 8.25. The zero-order chi connectivity index (χ0) is 28.5. The minimum atomic E-state index is -4.88. The maximum absolute atomic E-state index is 14.6. The highest BCUT2D eigenvalue weighted by Gasteiger charge is 2.56. The Morgan fingerprint density at radius 1 is 1.15 bits per heavy atom. The molecule has 1 aliphatic heterocycles. The number of alkyl halides is 3. The molecule has 3 heterocycles. The van der Waals surface area contributed by atoms with Crippen LogP contribution >= 0.6 is 23.2 Å². The van der Waals surface area contributed by atoms with Gasteiger partial charge >= 0.3 is 12.1 Å². The molecule has 1 unspecified atom stereocenters. The van der Waals surface area contributed by atoms with Gasteiger partial charge in [0.1, 0.15) is 17.5 Å². The first-order valence-corrected chi connectivity index (χ1v) is 12.8. The minimum Gasteiger partial charge on any atom is -0.481 e. The zero-order valence-electron chi connectivity index (χ0n) is 20.8. The van der Waals surface area contributed by atoms with Crippen molar-refractivity contribution in [3.63, 3.8) is 0 Å². The van der Waals surface area contributed by atoms with Gasteiger partial charge in [0, 0.05) is 31.3 Å². The first kappa shape index (κ1) is 28.8. The number of Topliss-reactive ketones (excluding diaryl/α,β-unsaturated/α-hetero) is 1. The van der Waals surface area contributed by atoms with Crippen molar-refractivity contribution in [3.8, 4) is 0 Å². The summed E-state index contributed by atoms with van der Waals surface area (Å²) in [5.41, 5.74) is -1.77. The van der Waals surface area contributed by atoms with E-state index in [9.17, 15) is 32.7 Å². The Labute approximate surface area is 231 Å². The molecule has 1 atom stereocenters. The maximum atomic E-state index is 14.6. The molecule has 2 aliphatic rings. The maximum Gasteiger partial charge on any atom is 0.468 e. The number of carboxylic acids is 1. The fourth-order valence-electron chi connectivity index (χ4n) is 5.29. The van der Waals surface area contributed by atoms with Crippen molar-refractivity contribution in [2.75, 3.05) is 13.6 Å². The number of aliphatic carboxylic acids is 1. The van der Waals surface area contributed by atoms with Crippen LogP contribution in [0, 0.1) is 5.92 Å². The molecule has 2 aromatic rings. The summed E-state index contributed by atoms with van der Waals surface area (Å²) in [5.74, 6) is -3.04. The Morgan fingerprint density at radius 2 is 1.79 bits per heavy atom. The summed E-state index contributed by atoms with van der Waals surface area (Å²) in [4.78, 5) is 43.0. The number of hydrogen-bond donors (Lipinski definition) is 1. The molecule has 4 rings (SSSR count). The molecule has 1 N–H and O–H groups in total. The van der Waals surface area contributed by atoms with Crippen molar-refractivity contribution < 1.29 is 41.6 Å². The van der Waals surface area contributed by atoms with Crippen LogP contribution in [-0.2, 0) is 16.1 Å². The topological polar surface area (TPSA) is 101 Å². The standard InChI is InChI=1S/C26H24Cl2F3N3O5/c1-34(16-6-4-15(5-7-16)25(37)38)9-8-18(23(34)26(29,30)31)24(36)33(13-17-3-2-10-39-17)14-21(35)22-19(27)11-32-12-20(22)28/h2-3,8-12,15-16H,4-7,13-14H2,1H3/p+1. The molecule has 208 valence electrons. The smallest absolute Gasteiger partial charge is 0.468 e. The lowest BCUT2D eigenvalue weighted by atomic mass is 9.84. The van der Waals surface area contributed by atoms with E-state index in [-0.39, 0.29) is 53.6 Å². The lowest BCUT2D eigenvalue weighted by Crippen LogP contribution is -2.52. The van der Waals surface area contributed by atoms with Crippen LogP contribution in [0.15, 0.2) is 58.8 Å². The van der Waals surface area contributed by atoms with E-state index in [0.29, 0.717) is 0 Å². The van der Waals surface area contributed by atoms with Gasteiger partial charge in [0.25, 0.3) is 5.91 Å². The lowest BCUT2D eigenvalue weighted by molar-refractivity contribution is -0.856. The third-order valence-electron chi connectivity index (χ3n) is 7.27. The van der Waals surface area contributed by atoms with E-state index in [2.05, 4.69) is 4.98 Å². The number of carbonyl (C=O) groups excluding carboxylic acids is 2. The number of aromatic nitrogens is 1. The van der Waals surface area contributed by atoms with Crippen molar-refractivity contribution in [1.29, 1.82) is 0 Å². The van der Waals surface area contributed by atoms with E-state index in [1.807, 2.05) is 0 Å². The molecule has 13 heteroatoms. The van der Waals surface area contributed by atoms with Crippen molar-refractivity contribution >= 4 is 40.9 Å². The highest BCUT2D eigenvalue weighted by atomic mass is 35.5. The summed E-state index contributed by atoms with van der Waals surface area (Å²) in [6.07, 6.45) is 2.26. The molecule has 1 amide bonds. The number of allylic oxidation sites excluding steroid dienone is 1. The fraction of sp³-hybridized carbons (Fsp3) is 0.385. The third-order valence-corrected chi connectivity index (χ3v) is 7.85. The predicted molar refractivity (Wildman–Crippen MR) is 134 cm³/mol. The number of furan rings is 1. The molecular formula is C26H25Cl2F3N3O5+. The number of pyridine rings is 1. The highest BCUT2D eigenvalue weighted by Crippen LogP contribution is 2.45. The Balaban J connectivity index is 1.70. The molecule has 0 aromatic carbocycles. The molecule has 0 spiro atoms. The molecule has 0 saturated heterocycles.